The first-order valence-electron chi connectivity index (χ1n) is 10.8. The van der Waals surface area contributed by atoms with Crippen LogP contribution in [0.1, 0.15) is 69.4 Å². The summed E-state index contributed by atoms with van der Waals surface area (Å²) in [5.41, 5.74) is 3.39. The highest BCUT2D eigenvalue weighted by Gasteiger charge is 2.17. The number of hydrogen-bond donors (Lipinski definition) is 0. The van der Waals surface area contributed by atoms with Crippen molar-refractivity contribution in [2.45, 2.75) is 63.7 Å². The van der Waals surface area contributed by atoms with Crippen molar-refractivity contribution in [1.82, 2.24) is 15.0 Å². The minimum Gasteiger partial charge on any atom is -0.357 e. The van der Waals surface area contributed by atoms with E-state index in [9.17, 15) is 0 Å². The minimum atomic E-state index is 0.622. The van der Waals surface area contributed by atoms with Crippen LogP contribution in [-0.4, -0.2) is 28.0 Å². The summed E-state index contributed by atoms with van der Waals surface area (Å²) in [4.78, 5) is 16.7. The van der Waals surface area contributed by atoms with Crippen LogP contribution < -0.4 is 4.90 Å². The van der Waals surface area contributed by atoms with E-state index in [0.717, 1.165) is 35.0 Å². The number of rotatable bonds is 3. The van der Waals surface area contributed by atoms with Crippen LogP contribution in [0.15, 0.2) is 30.6 Å². The van der Waals surface area contributed by atoms with Gasteiger partial charge in [0.25, 0.3) is 0 Å². The fourth-order valence-corrected chi connectivity index (χ4v) is 5.56. The third kappa shape index (κ3) is 3.77. The van der Waals surface area contributed by atoms with Crippen LogP contribution in [0, 0.1) is 0 Å². The van der Waals surface area contributed by atoms with Crippen molar-refractivity contribution in [2.75, 3.05) is 18.0 Å². The van der Waals surface area contributed by atoms with Gasteiger partial charge in [0.2, 0.25) is 0 Å². The topological polar surface area (TPSA) is 41.9 Å². The normalized spacial score (nSPS) is 19.1. The maximum atomic E-state index is 4.83. The Morgan fingerprint density at radius 2 is 1.64 bits per heavy atom. The van der Waals surface area contributed by atoms with E-state index in [1.807, 2.05) is 12.4 Å². The second-order valence-electron chi connectivity index (χ2n) is 8.24. The summed E-state index contributed by atoms with van der Waals surface area (Å²) in [6.07, 6.45) is 15.9. The molecule has 0 spiro atoms. The lowest BCUT2D eigenvalue weighted by Crippen LogP contribution is -2.18. The quantitative estimate of drug-likeness (QED) is 0.533. The van der Waals surface area contributed by atoms with E-state index in [2.05, 4.69) is 23.1 Å². The molecule has 0 bridgehead atoms. The molecule has 2 aliphatic rings. The van der Waals surface area contributed by atoms with Gasteiger partial charge in [-0.15, -0.1) is 11.3 Å². The molecule has 3 aromatic heterocycles. The van der Waals surface area contributed by atoms with Gasteiger partial charge >= 0.3 is 0 Å². The molecule has 146 valence electrons. The van der Waals surface area contributed by atoms with Crippen molar-refractivity contribution >= 4 is 27.4 Å². The van der Waals surface area contributed by atoms with Crippen LogP contribution >= 0.6 is 11.3 Å². The molecule has 2 fully saturated rings. The number of thiazole rings is 1. The van der Waals surface area contributed by atoms with E-state index >= 15 is 0 Å². The molecule has 1 aliphatic heterocycles. The molecule has 0 radical (unpaired) electrons. The Balaban J connectivity index is 1.38. The van der Waals surface area contributed by atoms with E-state index in [0.29, 0.717) is 5.92 Å². The van der Waals surface area contributed by atoms with E-state index in [1.54, 1.807) is 11.3 Å². The van der Waals surface area contributed by atoms with Gasteiger partial charge in [-0.05, 0) is 43.9 Å². The Labute approximate surface area is 171 Å². The number of fused-ring (bicyclic) bond motifs is 1. The lowest BCUT2D eigenvalue weighted by Gasteiger charge is -2.18. The predicted molar refractivity (Wildman–Crippen MR) is 117 cm³/mol. The summed E-state index contributed by atoms with van der Waals surface area (Å²) < 4.78 is 1.26. The van der Waals surface area contributed by atoms with Gasteiger partial charge in [0.15, 0.2) is 0 Å². The molecular weight excluding hydrogens is 364 g/mol. The summed E-state index contributed by atoms with van der Waals surface area (Å²) in [6.45, 7) is 2.26. The summed E-state index contributed by atoms with van der Waals surface area (Å²) in [5, 5.41) is 1.05. The van der Waals surface area contributed by atoms with Gasteiger partial charge < -0.3 is 4.90 Å². The number of pyridine rings is 2. The van der Waals surface area contributed by atoms with Crippen molar-refractivity contribution in [3.8, 4) is 10.6 Å². The summed E-state index contributed by atoms with van der Waals surface area (Å²) in [5.74, 6) is 1.72. The van der Waals surface area contributed by atoms with E-state index in [4.69, 9.17) is 15.0 Å². The molecule has 28 heavy (non-hydrogen) atoms. The molecule has 0 atom stereocenters. The largest absolute Gasteiger partial charge is 0.357 e. The molecule has 4 heterocycles. The van der Waals surface area contributed by atoms with Crippen LogP contribution in [0.5, 0.6) is 0 Å². The van der Waals surface area contributed by atoms with Crippen molar-refractivity contribution in [2.24, 2.45) is 0 Å². The Morgan fingerprint density at radius 1 is 0.857 bits per heavy atom. The number of nitrogens with zero attached hydrogens (tertiary/aromatic N) is 4. The zero-order chi connectivity index (χ0) is 18.8. The Bertz CT molecular complexity index is 919. The number of aromatic nitrogens is 3. The molecule has 4 nitrogen and oxygen atoms in total. The van der Waals surface area contributed by atoms with E-state index in [-0.39, 0.29) is 0 Å². The average Bonchev–Trinajstić information content (AvgIpc) is 3.37. The van der Waals surface area contributed by atoms with Crippen LogP contribution in [0.4, 0.5) is 5.82 Å². The van der Waals surface area contributed by atoms with Gasteiger partial charge in [-0.2, -0.15) is 0 Å². The third-order valence-electron chi connectivity index (χ3n) is 6.24. The van der Waals surface area contributed by atoms with Gasteiger partial charge in [-0.25, -0.2) is 9.97 Å². The van der Waals surface area contributed by atoms with Crippen LogP contribution in [0.2, 0.25) is 0 Å². The Kier molecular flexibility index (Phi) is 5.26. The standard InChI is InChI=1S/C23H28N4S/c1-2-4-8-17(9-5-3-1)19-14-21-20(16-24-19)26-23(28-21)18-10-11-22(25-15-18)27-12-6-7-13-27/h10-11,14-17H,1-9,12-13H2. The number of anilines is 1. The molecule has 3 aromatic rings. The van der Waals surface area contributed by atoms with Crippen LogP contribution in [-0.2, 0) is 0 Å². The fourth-order valence-electron chi connectivity index (χ4n) is 4.59. The SMILES string of the molecule is c1cc(N2CCCC2)ncc1-c1nc2cnc(C3CCCCCCC3)cc2s1. The van der Waals surface area contributed by atoms with Gasteiger partial charge in [0, 0.05) is 36.5 Å². The zero-order valence-electron chi connectivity index (χ0n) is 16.4. The maximum absolute atomic E-state index is 4.83. The molecule has 0 N–H and O–H groups in total. The first kappa shape index (κ1) is 18.0. The van der Waals surface area contributed by atoms with Crippen molar-refractivity contribution < 1.29 is 0 Å². The maximum Gasteiger partial charge on any atom is 0.128 e. The van der Waals surface area contributed by atoms with Gasteiger partial charge in [-0.1, -0.05) is 32.1 Å². The van der Waals surface area contributed by atoms with Crippen LogP contribution in [0.25, 0.3) is 20.8 Å². The van der Waals surface area contributed by atoms with E-state index in [1.165, 1.54) is 68.2 Å². The highest BCUT2D eigenvalue weighted by Crippen LogP contribution is 2.35. The molecule has 5 rings (SSSR count). The Hall–Kier alpha value is -2.01. The average molecular weight is 393 g/mol. The molecule has 1 saturated heterocycles. The summed E-state index contributed by atoms with van der Waals surface area (Å²) >= 11 is 1.77. The molecular formula is C23H28N4S. The first-order valence-corrected chi connectivity index (χ1v) is 11.7. The molecule has 1 aliphatic carbocycles. The molecule has 1 saturated carbocycles. The lowest BCUT2D eigenvalue weighted by molar-refractivity contribution is 0.450. The van der Waals surface area contributed by atoms with Gasteiger partial charge in [0.05, 0.1) is 10.9 Å². The molecule has 0 unspecified atom stereocenters. The van der Waals surface area contributed by atoms with Crippen molar-refractivity contribution in [1.29, 1.82) is 0 Å². The zero-order valence-corrected chi connectivity index (χ0v) is 17.3. The first-order chi connectivity index (χ1) is 13.9. The van der Waals surface area contributed by atoms with Gasteiger partial charge in [0.1, 0.15) is 16.3 Å². The molecule has 0 amide bonds. The second kappa shape index (κ2) is 8.16. The highest BCUT2D eigenvalue weighted by molar-refractivity contribution is 7.21. The summed E-state index contributed by atoms with van der Waals surface area (Å²) in [6, 6.07) is 6.61. The highest BCUT2D eigenvalue weighted by atomic mass is 32.1. The second-order valence-corrected chi connectivity index (χ2v) is 9.27. The summed E-state index contributed by atoms with van der Waals surface area (Å²) in [7, 11) is 0. The monoisotopic (exact) mass is 392 g/mol. The fraction of sp³-hybridized carbons (Fsp3) is 0.522. The van der Waals surface area contributed by atoms with Crippen LogP contribution in [0.3, 0.4) is 0 Å². The van der Waals surface area contributed by atoms with Crippen molar-refractivity contribution in [3.05, 3.63) is 36.3 Å². The molecule has 0 aromatic carbocycles. The smallest absolute Gasteiger partial charge is 0.128 e. The lowest BCUT2D eigenvalue weighted by atomic mass is 9.88. The molecule has 5 heteroatoms. The van der Waals surface area contributed by atoms with Gasteiger partial charge in [-0.3, -0.25) is 4.98 Å². The Morgan fingerprint density at radius 3 is 2.39 bits per heavy atom. The predicted octanol–water partition coefficient (Wildman–Crippen LogP) is 6.18. The third-order valence-corrected chi connectivity index (χ3v) is 7.31. The van der Waals surface area contributed by atoms with Crippen molar-refractivity contribution in [3.63, 3.8) is 0 Å². The number of hydrogen-bond acceptors (Lipinski definition) is 5. The minimum absolute atomic E-state index is 0.622. The van der Waals surface area contributed by atoms with E-state index < -0.39 is 0 Å².